The van der Waals surface area contributed by atoms with Gasteiger partial charge in [-0.05, 0) is 48.8 Å². The van der Waals surface area contributed by atoms with E-state index < -0.39 is 5.97 Å². The quantitative estimate of drug-likeness (QED) is 0.899. The summed E-state index contributed by atoms with van der Waals surface area (Å²) in [4.78, 5) is 11.3. The first-order valence-corrected chi connectivity index (χ1v) is 7.22. The van der Waals surface area contributed by atoms with Crippen molar-refractivity contribution >= 4 is 21.9 Å². The third-order valence-electron chi connectivity index (χ3n) is 3.95. The maximum absolute atomic E-state index is 11.3. The van der Waals surface area contributed by atoms with Crippen molar-refractivity contribution in [2.75, 3.05) is 0 Å². The monoisotopic (exact) mass is 309 g/mol. The van der Waals surface area contributed by atoms with Gasteiger partial charge in [0, 0.05) is 10.5 Å². The van der Waals surface area contributed by atoms with Gasteiger partial charge in [0.2, 0.25) is 0 Å². The minimum Gasteiger partial charge on any atom is -0.480 e. The highest BCUT2D eigenvalue weighted by atomic mass is 79.9. The van der Waals surface area contributed by atoms with E-state index >= 15 is 0 Å². The minimum atomic E-state index is -0.707. The average molecular weight is 310 g/mol. The summed E-state index contributed by atoms with van der Waals surface area (Å²) in [5, 5.41) is 12.6. The van der Waals surface area contributed by atoms with Crippen molar-refractivity contribution in [2.24, 2.45) is 5.92 Å². The number of carbonyl (C=O) groups is 1. The molecular formula is C14H16BrNO2. The van der Waals surface area contributed by atoms with E-state index in [1.54, 1.807) is 0 Å². The van der Waals surface area contributed by atoms with Gasteiger partial charge in [-0.1, -0.05) is 28.1 Å². The molecule has 1 fully saturated rings. The Balaban J connectivity index is 1.79. The highest BCUT2D eigenvalue weighted by Crippen LogP contribution is 2.39. The van der Waals surface area contributed by atoms with Crippen LogP contribution in [0.15, 0.2) is 22.7 Å². The second-order valence-corrected chi connectivity index (χ2v) is 6.07. The highest BCUT2D eigenvalue weighted by molar-refractivity contribution is 9.10. The summed E-state index contributed by atoms with van der Waals surface area (Å²) >= 11 is 3.57. The molecule has 96 valence electrons. The molecule has 0 heterocycles. The van der Waals surface area contributed by atoms with Gasteiger partial charge in [-0.3, -0.25) is 10.1 Å². The van der Waals surface area contributed by atoms with Crippen LogP contribution in [0.2, 0.25) is 0 Å². The second-order valence-electron chi connectivity index (χ2n) is 5.22. The molecule has 1 aromatic carbocycles. The number of nitrogens with one attached hydrogen (secondary N) is 1. The number of halogens is 1. The van der Waals surface area contributed by atoms with Gasteiger partial charge in [0.1, 0.15) is 6.04 Å². The number of hydrogen-bond donors (Lipinski definition) is 2. The van der Waals surface area contributed by atoms with Gasteiger partial charge >= 0.3 is 5.97 Å². The summed E-state index contributed by atoms with van der Waals surface area (Å²) in [6, 6.07) is 6.00. The Morgan fingerprint density at radius 2 is 2.17 bits per heavy atom. The summed E-state index contributed by atoms with van der Waals surface area (Å²) in [6.45, 7) is 0. The lowest BCUT2D eigenvalue weighted by Crippen LogP contribution is -2.40. The van der Waals surface area contributed by atoms with Gasteiger partial charge < -0.3 is 5.11 Å². The van der Waals surface area contributed by atoms with Gasteiger partial charge in [-0.25, -0.2) is 0 Å². The molecule has 0 bridgehead atoms. The molecule has 0 amide bonds. The molecule has 0 saturated heterocycles. The van der Waals surface area contributed by atoms with Gasteiger partial charge in [0.05, 0.1) is 0 Å². The zero-order chi connectivity index (χ0) is 12.7. The number of benzene rings is 1. The lowest BCUT2D eigenvalue weighted by molar-refractivity contribution is -0.140. The van der Waals surface area contributed by atoms with E-state index in [4.69, 9.17) is 0 Å². The first-order valence-electron chi connectivity index (χ1n) is 6.43. The van der Waals surface area contributed by atoms with Gasteiger partial charge in [0.25, 0.3) is 0 Å². The normalized spacial score (nSPS) is 23.7. The zero-order valence-corrected chi connectivity index (χ0v) is 11.6. The molecule has 0 aromatic heterocycles. The number of fused-ring (bicyclic) bond motifs is 1. The van der Waals surface area contributed by atoms with Crippen LogP contribution in [-0.2, 0) is 11.2 Å². The third kappa shape index (κ3) is 2.19. The summed E-state index contributed by atoms with van der Waals surface area (Å²) in [6.07, 6.45) is 4.10. The van der Waals surface area contributed by atoms with E-state index in [0.717, 1.165) is 30.2 Å². The van der Waals surface area contributed by atoms with Crippen LogP contribution in [0.1, 0.15) is 36.4 Å². The fourth-order valence-corrected chi connectivity index (χ4v) is 3.42. The molecule has 0 spiro atoms. The molecule has 2 atom stereocenters. The van der Waals surface area contributed by atoms with Crippen LogP contribution in [0, 0.1) is 5.92 Å². The smallest absolute Gasteiger partial charge is 0.320 e. The van der Waals surface area contributed by atoms with Crippen LogP contribution in [0.3, 0.4) is 0 Å². The molecule has 3 nitrogen and oxygen atoms in total. The van der Waals surface area contributed by atoms with Crippen LogP contribution in [0.25, 0.3) is 0 Å². The average Bonchev–Trinajstić information content (AvgIpc) is 3.08. The fraction of sp³-hybridized carbons (Fsp3) is 0.500. The summed E-state index contributed by atoms with van der Waals surface area (Å²) < 4.78 is 1.14. The van der Waals surface area contributed by atoms with Gasteiger partial charge in [-0.15, -0.1) is 0 Å². The first-order chi connectivity index (χ1) is 8.66. The molecule has 2 aliphatic carbocycles. The molecule has 18 heavy (non-hydrogen) atoms. The molecule has 2 unspecified atom stereocenters. The maximum Gasteiger partial charge on any atom is 0.320 e. The third-order valence-corrected chi connectivity index (χ3v) is 4.70. The van der Waals surface area contributed by atoms with Crippen molar-refractivity contribution in [2.45, 2.75) is 37.8 Å². The topological polar surface area (TPSA) is 49.3 Å². The first kappa shape index (κ1) is 12.2. The Hall–Kier alpha value is -0.870. The highest BCUT2D eigenvalue weighted by Gasteiger charge is 2.38. The van der Waals surface area contributed by atoms with Crippen molar-refractivity contribution in [3.63, 3.8) is 0 Å². The molecule has 2 aliphatic rings. The molecule has 4 heteroatoms. The second kappa shape index (κ2) is 4.67. The van der Waals surface area contributed by atoms with E-state index in [2.05, 4.69) is 33.4 Å². The summed E-state index contributed by atoms with van der Waals surface area (Å²) in [5.74, 6) is -0.375. The summed E-state index contributed by atoms with van der Waals surface area (Å²) in [7, 11) is 0. The molecule has 3 rings (SSSR count). The molecular weight excluding hydrogens is 294 g/mol. The Bertz CT molecular complexity index is 485. The Labute approximate surface area is 115 Å². The number of carboxylic acid groups (broad SMARTS) is 1. The number of hydrogen-bond acceptors (Lipinski definition) is 2. The van der Waals surface area contributed by atoms with Crippen molar-refractivity contribution in [3.05, 3.63) is 33.8 Å². The van der Waals surface area contributed by atoms with E-state index in [1.807, 2.05) is 6.07 Å². The predicted molar refractivity (Wildman–Crippen MR) is 72.5 cm³/mol. The van der Waals surface area contributed by atoms with Crippen molar-refractivity contribution in [1.82, 2.24) is 5.32 Å². The Kier molecular flexibility index (Phi) is 3.16. The molecule has 0 radical (unpaired) electrons. The van der Waals surface area contributed by atoms with Crippen molar-refractivity contribution in [3.8, 4) is 0 Å². The summed E-state index contributed by atoms with van der Waals surface area (Å²) in [5.41, 5.74) is 2.59. The number of carboxylic acids is 1. The molecule has 1 aromatic rings. The molecule has 2 N–H and O–H groups in total. The minimum absolute atomic E-state index is 0.194. The molecule has 0 aliphatic heterocycles. The van der Waals surface area contributed by atoms with Crippen LogP contribution in [-0.4, -0.2) is 17.1 Å². The van der Waals surface area contributed by atoms with Crippen LogP contribution in [0.4, 0.5) is 0 Å². The molecule has 1 saturated carbocycles. The van der Waals surface area contributed by atoms with Crippen molar-refractivity contribution in [1.29, 1.82) is 0 Å². The maximum atomic E-state index is 11.3. The SMILES string of the molecule is O=C(O)C(NC1CCc2c(Br)cccc21)C1CC1. The van der Waals surface area contributed by atoms with Gasteiger partial charge in [0.15, 0.2) is 0 Å². The zero-order valence-electron chi connectivity index (χ0n) is 10.0. The van der Waals surface area contributed by atoms with Crippen LogP contribution < -0.4 is 5.32 Å². The largest absolute Gasteiger partial charge is 0.480 e. The Morgan fingerprint density at radius 3 is 2.83 bits per heavy atom. The lowest BCUT2D eigenvalue weighted by Gasteiger charge is -2.20. The Morgan fingerprint density at radius 1 is 1.39 bits per heavy atom. The van der Waals surface area contributed by atoms with Crippen LogP contribution in [0.5, 0.6) is 0 Å². The van der Waals surface area contributed by atoms with E-state index in [9.17, 15) is 9.90 Å². The van der Waals surface area contributed by atoms with E-state index in [1.165, 1.54) is 11.1 Å². The lowest BCUT2D eigenvalue weighted by atomic mass is 10.1. The fourth-order valence-electron chi connectivity index (χ4n) is 2.84. The van der Waals surface area contributed by atoms with E-state index in [-0.39, 0.29) is 12.1 Å². The number of aliphatic carboxylic acids is 1. The predicted octanol–water partition coefficient (Wildman–Crippen LogP) is 2.89. The van der Waals surface area contributed by atoms with E-state index in [0.29, 0.717) is 5.92 Å². The standard InChI is InChI=1S/C14H16BrNO2/c15-11-3-1-2-10-9(11)6-7-12(10)16-13(14(17)18)8-4-5-8/h1-3,8,12-13,16H,4-7H2,(H,17,18). The number of rotatable bonds is 4. The van der Waals surface area contributed by atoms with Gasteiger partial charge in [-0.2, -0.15) is 0 Å². The van der Waals surface area contributed by atoms with Crippen molar-refractivity contribution < 1.29 is 9.90 Å². The van der Waals surface area contributed by atoms with Crippen LogP contribution >= 0.6 is 15.9 Å².